The maximum Gasteiger partial charge on any atom is 0.243 e. The van der Waals surface area contributed by atoms with Crippen molar-refractivity contribution in [3.05, 3.63) is 29.8 Å². The lowest BCUT2D eigenvalue weighted by molar-refractivity contribution is 0.348. The molecule has 17 heavy (non-hydrogen) atoms. The summed E-state index contributed by atoms with van der Waals surface area (Å²) in [4.78, 5) is 8.54. The maximum atomic E-state index is 5.92. The standard InChI is InChI=1S/C12H16N4O/c1-3-5-9(13)12-15-11(16-17-12)10-8(2)6-4-7-14-10/h4,6-7,9H,3,5,13H2,1-2H3/t9-/m0/s1. The van der Waals surface area contributed by atoms with Crippen LogP contribution in [0.1, 0.15) is 37.3 Å². The summed E-state index contributed by atoms with van der Waals surface area (Å²) >= 11 is 0. The maximum absolute atomic E-state index is 5.92. The Kier molecular flexibility index (Phi) is 3.49. The van der Waals surface area contributed by atoms with E-state index >= 15 is 0 Å². The SMILES string of the molecule is CCC[C@H](N)c1nc(-c2ncccc2C)no1. The summed E-state index contributed by atoms with van der Waals surface area (Å²) in [6, 6.07) is 3.65. The van der Waals surface area contributed by atoms with Gasteiger partial charge in [0.15, 0.2) is 0 Å². The zero-order chi connectivity index (χ0) is 12.3. The molecule has 0 aliphatic carbocycles. The van der Waals surface area contributed by atoms with Crippen LogP contribution in [-0.4, -0.2) is 15.1 Å². The Hall–Kier alpha value is -1.75. The van der Waals surface area contributed by atoms with Gasteiger partial charge in [0, 0.05) is 6.20 Å². The molecule has 0 aliphatic heterocycles. The molecule has 90 valence electrons. The fraction of sp³-hybridized carbons (Fsp3) is 0.417. The van der Waals surface area contributed by atoms with Gasteiger partial charge in [0.05, 0.1) is 6.04 Å². The van der Waals surface area contributed by atoms with Crippen molar-refractivity contribution in [1.82, 2.24) is 15.1 Å². The normalized spacial score (nSPS) is 12.6. The van der Waals surface area contributed by atoms with Gasteiger partial charge in [0.25, 0.3) is 0 Å². The largest absolute Gasteiger partial charge is 0.337 e. The minimum atomic E-state index is -0.190. The van der Waals surface area contributed by atoms with Crippen molar-refractivity contribution in [2.24, 2.45) is 5.73 Å². The van der Waals surface area contributed by atoms with E-state index in [-0.39, 0.29) is 6.04 Å². The topological polar surface area (TPSA) is 77.8 Å². The van der Waals surface area contributed by atoms with Gasteiger partial charge in [-0.1, -0.05) is 24.6 Å². The second-order valence-corrected chi connectivity index (χ2v) is 4.02. The molecule has 2 rings (SSSR count). The molecule has 5 nitrogen and oxygen atoms in total. The Morgan fingerprint density at radius 2 is 2.29 bits per heavy atom. The second kappa shape index (κ2) is 5.05. The highest BCUT2D eigenvalue weighted by atomic mass is 16.5. The first-order chi connectivity index (χ1) is 8.22. The van der Waals surface area contributed by atoms with Crippen molar-refractivity contribution in [1.29, 1.82) is 0 Å². The molecule has 0 aromatic carbocycles. The highest BCUT2D eigenvalue weighted by molar-refractivity contribution is 5.53. The summed E-state index contributed by atoms with van der Waals surface area (Å²) in [6.07, 6.45) is 3.54. The first kappa shape index (κ1) is 11.7. The van der Waals surface area contributed by atoms with Crippen LogP contribution in [0.25, 0.3) is 11.5 Å². The third kappa shape index (κ3) is 2.50. The minimum Gasteiger partial charge on any atom is -0.337 e. The molecular formula is C12H16N4O. The number of nitrogens with zero attached hydrogens (tertiary/aromatic N) is 3. The van der Waals surface area contributed by atoms with E-state index in [1.54, 1.807) is 6.20 Å². The number of nitrogens with two attached hydrogens (primary N) is 1. The molecule has 2 aromatic rings. The smallest absolute Gasteiger partial charge is 0.243 e. The third-order valence-electron chi connectivity index (χ3n) is 2.58. The first-order valence-electron chi connectivity index (χ1n) is 5.73. The van der Waals surface area contributed by atoms with Crippen LogP contribution in [0.3, 0.4) is 0 Å². The molecule has 5 heteroatoms. The van der Waals surface area contributed by atoms with E-state index in [1.165, 1.54) is 0 Å². The summed E-state index contributed by atoms with van der Waals surface area (Å²) in [7, 11) is 0. The summed E-state index contributed by atoms with van der Waals surface area (Å²) in [5, 5.41) is 3.92. The van der Waals surface area contributed by atoms with E-state index in [0.717, 1.165) is 24.1 Å². The molecule has 0 bridgehead atoms. The predicted octanol–water partition coefficient (Wildman–Crippen LogP) is 2.24. The molecule has 2 N–H and O–H groups in total. The van der Waals surface area contributed by atoms with Crippen LogP contribution in [0.2, 0.25) is 0 Å². The minimum absolute atomic E-state index is 0.190. The molecular weight excluding hydrogens is 216 g/mol. The van der Waals surface area contributed by atoms with Gasteiger partial charge in [-0.15, -0.1) is 0 Å². The molecule has 2 heterocycles. The van der Waals surface area contributed by atoms with Crippen molar-refractivity contribution >= 4 is 0 Å². The molecule has 0 unspecified atom stereocenters. The van der Waals surface area contributed by atoms with Gasteiger partial charge in [0.2, 0.25) is 11.7 Å². The summed E-state index contributed by atoms with van der Waals surface area (Å²) < 4.78 is 5.16. The van der Waals surface area contributed by atoms with Gasteiger partial charge < -0.3 is 10.3 Å². The number of pyridine rings is 1. The Morgan fingerprint density at radius 3 is 3.00 bits per heavy atom. The number of hydrogen-bond acceptors (Lipinski definition) is 5. The predicted molar refractivity (Wildman–Crippen MR) is 64.1 cm³/mol. The van der Waals surface area contributed by atoms with Crippen LogP contribution in [0.5, 0.6) is 0 Å². The fourth-order valence-corrected chi connectivity index (χ4v) is 1.64. The molecule has 0 amide bonds. The summed E-state index contributed by atoms with van der Waals surface area (Å²) in [5.74, 6) is 0.983. The molecule has 0 saturated carbocycles. The van der Waals surface area contributed by atoms with Gasteiger partial charge in [-0.3, -0.25) is 4.98 Å². The summed E-state index contributed by atoms with van der Waals surface area (Å²) in [5.41, 5.74) is 7.68. The zero-order valence-electron chi connectivity index (χ0n) is 10.1. The molecule has 0 fully saturated rings. The van der Waals surface area contributed by atoms with Crippen molar-refractivity contribution < 1.29 is 4.52 Å². The van der Waals surface area contributed by atoms with Crippen LogP contribution < -0.4 is 5.73 Å². The molecule has 0 saturated heterocycles. The average Bonchev–Trinajstić information content (AvgIpc) is 2.79. The Morgan fingerprint density at radius 1 is 1.47 bits per heavy atom. The molecule has 0 aliphatic rings. The molecule has 0 radical (unpaired) electrons. The summed E-state index contributed by atoms with van der Waals surface area (Å²) in [6.45, 7) is 4.03. The van der Waals surface area contributed by atoms with E-state index in [4.69, 9.17) is 10.3 Å². The number of aromatic nitrogens is 3. The van der Waals surface area contributed by atoms with E-state index < -0.39 is 0 Å². The van der Waals surface area contributed by atoms with E-state index in [2.05, 4.69) is 22.0 Å². The van der Waals surface area contributed by atoms with Crippen LogP contribution in [-0.2, 0) is 0 Å². The van der Waals surface area contributed by atoms with Crippen LogP contribution >= 0.6 is 0 Å². The van der Waals surface area contributed by atoms with Crippen LogP contribution in [0, 0.1) is 6.92 Å². The van der Waals surface area contributed by atoms with Gasteiger partial charge in [-0.25, -0.2) is 0 Å². The Bertz CT molecular complexity index is 495. The van der Waals surface area contributed by atoms with E-state index in [1.807, 2.05) is 19.1 Å². The Labute approximate surface area is 100 Å². The van der Waals surface area contributed by atoms with Crippen molar-refractivity contribution in [2.45, 2.75) is 32.7 Å². The molecule has 0 spiro atoms. The first-order valence-corrected chi connectivity index (χ1v) is 5.73. The average molecular weight is 232 g/mol. The van der Waals surface area contributed by atoms with Gasteiger partial charge >= 0.3 is 0 Å². The lowest BCUT2D eigenvalue weighted by Gasteiger charge is -2.02. The lowest BCUT2D eigenvalue weighted by atomic mass is 10.2. The highest BCUT2D eigenvalue weighted by Crippen LogP contribution is 2.20. The fourth-order valence-electron chi connectivity index (χ4n) is 1.64. The van der Waals surface area contributed by atoms with Crippen LogP contribution in [0.4, 0.5) is 0 Å². The van der Waals surface area contributed by atoms with Gasteiger partial charge in [-0.05, 0) is 25.0 Å². The van der Waals surface area contributed by atoms with Gasteiger partial charge in [-0.2, -0.15) is 4.98 Å². The van der Waals surface area contributed by atoms with Crippen molar-refractivity contribution in [3.8, 4) is 11.5 Å². The molecule has 2 aromatic heterocycles. The Balaban J connectivity index is 2.27. The lowest BCUT2D eigenvalue weighted by Crippen LogP contribution is -2.09. The third-order valence-corrected chi connectivity index (χ3v) is 2.58. The number of aryl methyl sites for hydroxylation is 1. The van der Waals surface area contributed by atoms with E-state index in [9.17, 15) is 0 Å². The quantitative estimate of drug-likeness (QED) is 0.874. The zero-order valence-corrected chi connectivity index (χ0v) is 10.1. The van der Waals surface area contributed by atoms with Crippen LogP contribution in [0.15, 0.2) is 22.9 Å². The highest BCUT2D eigenvalue weighted by Gasteiger charge is 2.16. The monoisotopic (exact) mass is 232 g/mol. The van der Waals surface area contributed by atoms with Crippen molar-refractivity contribution in [3.63, 3.8) is 0 Å². The van der Waals surface area contributed by atoms with Gasteiger partial charge in [0.1, 0.15) is 5.69 Å². The van der Waals surface area contributed by atoms with E-state index in [0.29, 0.717) is 11.7 Å². The molecule has 1 atom stereocenters. The number of rotatable bonds is 4. The number of hydrogen-bond donors (Lipinski definition) is 1. The second-order valence-electron chi connectivity index (χ2n) is 4.02. The van der Waals surface area contributed by atoms with Crippen molar-refractivity contribution in [2.75, 3.05) is 0 Å².